The molecular weight excluding hydrogens is 193 g/mol. The minimum Gasteiger partial charge on any atom is -0.352 e. The van der Waals surface area contributed by atoms with E-state index in [1.807, 2.05) is 18.7 Å². The summed E-state index contributed by atoms with van der Waals surface area (Å²) in [6, 6.07) is 3.25. The molecule has 84 valence electrons. The Hall–Kier alpha value is -1.16. The summed E-state index contributed by atoms with van der Waals surface area (Å²) in [5, 5.41) is 0. The van der Waals surface area contributed by atoms with Crippen molar-refractivity contribution < 1.29 is 4.39 Å². The van der Waals surface area contributed by atoms with Gasteiger partial charge in [-0.1, -0.05) is 0 Å². The van der Waals surface area contributed by atoms with E-state index in [2.05, 4.69) is 4.98 Å². The Bertz CT molecular complexity index is 302. The molecule has 0 spiro atoms. The van der Waals surface area contributed by atoms with Gasteiger partial charge in [0.15, 0.2) is 11.6 Å². The first-order valence-corrected chi connectivity index (χ1v) is 5.24. The predicted octanol–water partition coefficient (Wildman–Crippen LogP) is 1.78. The summed E-state index contributed by atoms with van der Waals surface area (Å²) in [6.07, 6.45) is 2.45. The van der Waals surface area contributed by atoms with E-state index in [1.54, 1.807) is 12.3 Å². The molecule has 3 nitrogen and oxygen atoms in total. The molecule has 1 rings (SSSR count). The van der Waals surface area contributed by atoms with Gasteiger partial charge in [-0.05, 0) is 38.9 Å². The molecule has 2 N–H and O–H groups in total. The second-order valence-corrected chi connectivity index (χ2v) is 3.74. The van der Waals surface area contributed by atoms with E-state index in [0.29, 0.717) is 12.4 Å². The molecule has 0 aromatic carbocycles. The summed E-state index contributed by atoms with van der Waals surface area (Å²) < 4.78 is 13.5. The molecule has 0 radical (unpaired) electrons. The van der Waals surface area contributed by atoms with Crippen LogP contribution in [0, 0.1) is 5.82 Å². The van der Waals surface area contributed by atoms with Crippen LogP contribution < -0.4 is 10.6 Å². The van der Waals surface area contributed by atoms with Gasteiger partial charge in [-0.25, -0.2) is 9.37 Å². The van der Waals surface area contributed by atoms with E-state index in [-0.39, 0.29) is 11.9 Å². The zero-order valence-electron chi connectivity index (χ0n) is 9.28. The fourth-order valence-electron chi connectivity index (χ4n) is 1.46. The van der Waals surface area contributed by atoms with E-state index in [0.717, 1.165) is 13.0 Å². The normalized spacial score (nSPS) is 10.7. The highest BCUT2D eigenvalue weighted by Crippen LogP contribution is 2.17. The van der Waals surface area contributed by atoms with Gasteiger partial charge in [-0.15, -0.1) is 0 Å². The minimum absolute atomic E-state index is 0.223. The molecule has 1 aromatic heterocycles. The number of anilines is 1. The molecule has 0 saturated carbocycles. The maximum absolute atomic E-state index is 13.5. The van der Waals surface area contributed by atoms with Gasteiger partial charge in [-0.2, -0.15) is 0 Å². The maximum Gasteiger partial charge on any atom is 0.165 e. The van der Waals surface area contributed by atoms with Crippen molar-refractivity contribution in [2.24, 2.45) is 5.73 Å². The number of pyridine rings is 1. The zero-order valence-corrected chi connectivity index (χ0v) is 9.28. The predicted molar refractivity (Wildman–Crippen MR) is 60.3 cm³/mol. The highest BCUT2D eigenvalue weighted by Gasteiger charge is 2.14. The molecule has 0 bridgehead atoms. The molecule has 0 atom stereocenters. The third-order valence-electron chi connectivity index (χ3n) is 2.24. The smallest absolute Gasteiger partial charge is 0.165 e. The number of hydrogen-bond acceptors (Lipinski definition) is 3. The number of hydrogen-bond donors (Lipinski definition) is 1. The number of halogens is 1. The number of rotatable bonds is 5. The van der Waals surface area contributed by atoms with Crippen LogP contribution in [-0.4, -0.2) is 24.1 Å². The van der Waals surface area contributed by atoms with Crippen LogP contribution >= 0.6 is 0 Å². The number of nitrogens with two attached hydrogens (primary N) is 1. The SMILES string of the molecule is CC(C)N(CCCN)c1ncccc1F. The van der Waals surface area contributed by atoms with Gasteiger partial charge in [0.05, 0.1) is 0 Å². The van der Waals surface area contributed by atoms with Crippen LogP contribution in [0.25, 0.3) is 0 Å². The van der Waals surface area contributed by atoms with Gasteiger partial charge in [0.25, 0.3) is 0 Å². The monoisotopic (exact) mass is 211 g/mol. The molecule has 1 aromatic rings. The van der Waals surface area contributed by atoms with E-state index in [9.17, 15) is 4.39 Å². The van der Waals surface area contributed by atoms with Gasteiger partial charge >= 0.3 is 0 Å². The summed E-state index contributed by atoms with van der Waals surface area (Å²) >= 11 is 0. The van der Waals surface area contributed by atoms with Crippen molar-refractivity contribution in [2.75, 3.05) is 18.0 Å². The quantitative estimate of drug-likeness (QED) is 0.807. The Morgan fingerprint density at radius 3 is 2.80 bits per heavy atom. The second kappa shape index (κ2) is 5.66. The van der Waals surface area contributed by atoms with Gasteiger partial charge < -0.3 is 10.6 Å². The van der Waals surface area contributed by atoms with Crippen molar-refractivity contribution in [2.45, 2.75) is 26.3 Å². The molecule has 0 aliphatic carbocycles. The molecule has 0 aliphatic heterocycles. The Kier molecular flexibility index (Phi) is 4.49. The first-order valence-electron chi connectivity index (χ1n) is 5.24. The van der Waals surface area contributed by atoms with Crippen LogP contribution in [0.3, 0.4) is 0 Å². The number of nitrogens with zero attached hydrogens (tertiary/aromatic N) is 2. The molecule has 0 unspecified atom stereocenters. The third kappa shape index (κ3) is 3.16. The molecule has 1 heterocycles. The summed E-state index contributed by atoms with van der Waals surface area (Å²) in [5.74, 6) is 0.143. The molecule has 0 aliphatic rings. The van der Waals surface area contributed by atoms with E-state index in [4.69, 9.17) is 5.73 Å². The van der Waals surface area contributed by atoms with Crippen molar-refractivity contribution in [1.29, 1.82) is 0 Å². The van der Waals surface area contributed by atoms with E-state index in [1.165, 1.54) is 6.07 Å². The molecule has 4 heteroatoms. The molecule has 0 amide bonds. The Balaban J connectivity index is 2.84. The van der Waals surface area contributed by atoms with Gasteiger partial charge in [0, 0.05) is 18.8 Å². The van der Waals surface area contributed by atoms with Crippen LogP contribution in [0.5, 0.6) is 0 Å². The van der Waals surface area contributed by atoms with Crippen molar-refractivity contribution in [1.82, 2.24) is 4.98 Å². The second-order valence-electron chi connectivity index (χ2n) is 3.74. The Labute approximate surface area is 90.1 Å². The van der Waals surface area contributed by atoms with Gasteiger partial charge in [-0.3, -0.25) is 0 Å². The Morgan fingerprint density at radius 1 is 1.53 bits per heavy atom. The maximum atomic E-state index is 13.5. The molecule has 0 saturated heterocycles. The van der Waals surface area contributed by atoms with Crippen molar-refractivity contribution in [3.05, 3.63) is 24.1 Å². The Morgan fingerprint density at radius 2 is 2.27 bits per heavy atom. The van der Waals surface area contributed by atoms with E-state index < -0.39 is 0 Å². The highest BCUT2D eigenvalue weighted by atomic mass is 19.1. The fourth-order valence-corrected chi connectivity index (χ4v) is 1.46. The summed E-state index contributed by atoms with van der Waals surface area (Å²) in [7, 11) is 0. The van der Waals surface area contributed by atoms with Crippen molar-refractivity contribution >= 4 is 5.82 Å². The largest absolute Gasteiger partial charge is 0.352 e. The average molecular weight is 211 g/mol. The molecule has 0 fully saturated rings. The van der Waals surface area contributed by atoms with Crippen LogP contribution in [0.4, 0.5) is 10.2 Å². The van der Waals surface area contributed by atoms with Crippen LogP contribution in [0.1, 0.15) is 20.3 Å². The zero-order chi connectivity index (χ0) is 11.3. The van der Waals surface area contributed by atoms with Crippen molar-refractivity contribution in [3.8, 4) is 0 Å². The van der Waals surface area contributed by atoms with Gasteiger partial charge in [0.2, 0.25) is 0 Å². The topological polar surface area (TPSA) is 42.1 Å². The first kappa shape index (κ1) is 11.9. The standard InChI is InChI=1S/C11H18FN3/c1-9(2)15(8-4-6-13)11-10(12)5-3-7-14-11/h3,5,7,9H,4,6,8,13H2,1-2H3. The van der Waals surface area contributed by atoms with Crippen molar-refractivity contribution in [3.63, 3.8) is 0 Å². The summed E-state index contributed by atoms with van der Waals surface area (Å²) in [6.45, 7) is 5.38. The highest BCUT2D eigenvalue weighted by molar-refractivity contribution is 5.40. The molecular formula is C11H18FN3. The lowest BCUT2D eigenvalue weighted by Gasteiger charge is -2.27. The van der Waals surface area contributed by atoms with E-state index >= 15 is 0 Å². The fraction of sp³-hybridized carbons (Fsp3) is 0.545. The lowest BCUT2D eigenvalue weighted by atomic mass is 10.2. The number of aromatic nitrogens is 1. The minimum atomic E-state index is -0.275. The summed E-state index contributed by atoms with van der Waals surface area (Å²) in [5.41, 5.74) is 5.45. The summed E-state index contributed by atoms with van der Waals surface area (Å²) in [4.78, 5) is 6.00. The van der Waals surface area contributed by atoms with Crippen LogP contribution in [0.15, 0.2) is 18.3 Å². The first-order chi connectivity index (χ1) is 7.16. The molecule has 15 heavy (non-hydrogen) atoms. The van der Waals surface area contributed by atoms with Gasteiger partial charge in [0.1, 0.15) is 0 Å². The third-order valence-corrected chi connectivity index (χ3v) is 2.24. The average Bonchev–Trinajstić information content (AvgIpc) is 2.20. The lowest BCUT2D eigenvalue weighted by molar-refractivity contribution is 0.583. The lowest BCUT2D eigenvalue weighted by Crippen LogP contribution is -2.34. The van der Waals surface area contributed by atoms with Crippen LogP contribution in [-0.2, 0) is 0 Å². The van der Waals surface area contributed by atoms with Crippen LogP contribution in [0.2, 0.25) is 0 Å².